The molecular weight excluding hydrogens is 337 g/mol. The number of hydrogen-bond donors (Lipinski definition) is 1. The first kappa shape index (κ1) is 16.7. The van der Waals surface area contributed by atoms with Gasteiger partial charge in [0.05, 0.1) is 17.5 Å². The number of nitrogens with two attached hydrogens (primary N) is 1. The summed E-state index contributed by atoms with van der Waals surface area (Å²) in [6.45, 7) is 1.59. The van der Waals surface area contributed by atoms with E-state index in [1.807, 2.05) is 0 Å². The Hall–Kier alpha value is -3.10. The van der Waals surface area contributed by atoms with Crippen molar-refractivity contribution < 1.29 is 22.7 Å². The first-order valence-corrected chi connectivity index (χ1v) is 7.23. The van der Waals surface area contributed by atoms with Crippen molar-refractivity contribution in [2.75, 3.05) is 10.7 Å². The SMILES string of the molecule is CC1C=NN(c2ccc(-c3ccnc(N)c3)c(C(F)(F)F)c2)C(=O)O1. The van der Waals surface area contributed by atoms with Crippen molar-refractivity contribution in [3.63, 3.8) is 0 Å². The van der Waals surface area contributed by atoms with Gasteiger partial charge in [0, 0.05) is 6.20 Å². The summed E-state index contributed by atoms with van der Waals surface area (Å²) in [4.78, 5) is 15.6. The van der Waals surface area contributed by atoms with Crippen LogP contribution in [-0.2, 0) is 10.9 Å². The topological polar surface area (TPSA) is 80.8 Å². The van der Waals surface area contributed by atoms with Crippen molar-refractivity contribution in [1.29, 1.82) is 0 Å². The molecule has 0 radical (unpaired) electrons. The minimum Gasteiger partial charge on any atom is -0.439 e. The summed E-state index contributed by atoms with van der Waals surface area (Å²) in [6, 6.07) is 6.24. The van der Waals surface area contributed by atoms with Crippen molar-refractivity contribution >= 4 is 23.8 Å². The number of nitrogens with zero attached hydrogens (tertiary/aromatic N) is 3. The lowest BCUT2D eigenvalue weighted by Crippen LogP contribution is -2.35. The van der Waals surface area contributed by atoms with Crippen LogP contribution in [0.1, 0.15) is 12.5 Å². The van der Waals surface area contributed by atoms with Gasteiger partial charge in [-0.05, 0) is 42.3 Å². The second kappa shape index (κ2) is 6.08. The minimum atomic E-state index is -4.64. The number of alkyl halides is 3. The number of benzene rings is 1. The molecule has 1 unspecified atom stereocenters. The van der Waals surface area contributed by atoms with Crippen LogP contribution in [0.25, 0.3) is 11.1 Å². The minimum absolute atomic E-state index is 0.0498. The summed E-state index contributed by atoms with van der Waals surface area (Å²) in [5.74, 6) is 0.105. The highest BCUT2D eigenvalue weighted by molar-refractivity contribution is 5.92. The molecule has 1 aliphatic heterocycles. The Kier molecular flexibility index (Phi) is 4.07. The van der Waals surface area contributed by atoms with Crippen molar-refractivity contribution in [2.45, 2.75) is 19.2 Å². The molecule has 25 heavy (non-hydrogen) atoms. The third-order valence-electron chi connectivity index (χ3n) is 3.50. The summed E-state index contributed by atoms with van der Waals surface area (Å²) >= 11 is 0. The van der Waals surface area contributed by atoms with E-state index in [1.54, 1.807) is 6.92 Å². The van der Waals surface area contributed by atoms with E-state index in [-0.39, 0.29) is 22.6 Å². The van der Waals surface area contributed by atoms with E-state index >= 15 is 0 Å². The molecule has 1 atom stereocenters. The Morgan fingerprint density at radius 2 is 2.00 bits per heavy atom. The number of hydrazone groups is 1. The lowest BCUT2D eigenvalue weighted by molar-refractivity contribution is -0.137. The number of cyclic esters (lactones) is 1. The van der Waals surface area contributed by atoms with Crippen LogP contribution < -0.4 is 10.7 Å². The summed E-state index contributed by atoms with van der Waals surface area (Å²) in [5, 5.41) is 4.62. The summed E-state index contributed by atoms with van der Waals surface area (Å²) in [7, 11) is 0. The Balaban J connectivity index is 2.11. The summed E-state index contributed by atoms with van der Waals surface area (Å²) < 4.78 is 45.5. The standard InChI is InChI=1S/C16H13F3N4O2/c1-9-8-22-23(15(24)25-9)11-2-3-12(13(7-11)16(17,18)19)10-4-5-21-14(20)6-10/h2-9H,1H3,(H2,20,21). The van der Waals surface area contributed by atoms with Crippen molar-refractivity contribution in [3.8, 4) is 11.1 Å². The zero-order valence-corrected chi connectivity index (χ0v) is 13.0. The highest BCUT2D eigenvalue weighted by Gasteiger charge is 2.35. The molecule has 1 aromatic heterocycles. The van der Waals surface area contributed by atoms with Crippen LogP contribution in [0.3, 0.4) is 0 Å². The van der Waals surface area contributed by atoms with E-state index < -0.39 is 23.9 Å². The smallest absolute Gasteiger partial charge is 0.435 e. The van der Waals surface area contributed by atoms with Gasteiger partial charge in [-0.15, -0.1) is 0 Å². The zero-order valence-electron chi connectivity index (χ0n) is 13.0. The van der Waals surface area contributed by atoms with Gasteiger partial charge in [0.2, 0.25) is 0 Å². The molecule has 1 aromatic carbocycles. The molecule has 0 saturated heterocycles. The average Bonchev–Trinajstić information content (AvgIpc) is 2.53. The lowest BCUT2D eigenvalue weighted by atomic mass is 9.99. The van der Waals surface area contributed by atoms with E-state index in [9.17, 15) is 18.0 Å². The Labute approximate surface area is 140 Å². The molecule has 3 rings (SSSR count). The van der Waals surface area contributed by atoms with Gasteiger partial charge in [0.25, 0.3) is 0 Å². The number of carbonyl (C=O) groups excluding carboxylic acids is 1. The normalized spacial score (nSPS) is 17.5. The molecule has 1 amide bonds. The molecule has 1 aliphatic rings. The molecule has 9 heteroatoms. The molecule has 2 aromatic rings. The van der Waals surface area contributed by atoms with Gasteiger partial charge in [0.1, 0.15) is 11.9 Å². The Bertz CT molecular complexity index is 852. The van der Waals surface area contributed by atoms with E-state index in [1.165, 1.54) is 36.7 Å². The van der Waals surface area contributed by atoms with Gasteiger partial charge in [-0.1, -0.05) is 6.07 Å². The number of pyridine rings is 1. The number of nitrogen functional groups attached to an aromatic ring is 1. The molecule has 0 fully saturated rings. The molecule has 0 aliphatic carbocycles. The average molecular weight is 350 g/mol. The van der Waals surface area contributed by atoms with E-state index in [4.69, 9.17) is 10.5 Å². The fraction of sp³-hybridized carbons (Fsp3) is 0.188. The third kappa shape index (κ3) is 3.39. The highest BCUT2D eigenvalue weighted by atomic mass is 19.4. The molecule has 130 valence electrons. The fourth-order valence-corrected chi connectivity index (χ4v) is 2.39. The second-order valence-corrected chi connectivity index (χ2v) is 5.36. The molecule has 6 nitrogen and oxygen atoms in total. The van der Waals surface area contributed by atoms with Crippen LogP contribution in [0.2, 0.25) is 0 Å². The van der Waals surface area contributed by atoms with Gasteiger partial charge in [-0.25, -0.2) is 9.78 Å². The largest absolute Gasteiger partial charge is 0.439 e. The van der Waals surface area contributed by atoms with Crippen LogP contribution in [0.15, 0.2) is 41.6 Å². The number of aromatic nitrogens is 1. The second-order valence-electron chi connectivity index (χ2n) is 5.36. The first-order valence-electron chi connectivity index (χ1n) is 7.23. The first-order chi connectivity index (χ1) is 11.8. The number of ether oxygens (including phenoxy) is 1. The van der Waals surface area contributed by atoms with Crippen molar-refractivity contribution in [3.05, 3.63) is 42.1 Å². The van der Waals surface area contributed by atoms with Crippen molar-refractivity contribution in [1.82, 2.24) is 4.98 Å². The summed E-state index contributed by atoms with van der Waals surface area (Å²) in [6.07, 6.45) is -3.37. The molecule has 2 heterocycles. The number of halogens is 3. The lowest BCUT2D eigenvalue weighted by Gasteiger charge is -2.24. The zero-order chi connectivity index (χ0) is 18.2. The van der Waals surface area contributed by atoms with Gasteiger partial charge in [0.15, 0.2) is 0 Å². The van der Waals surface area contributed by atoms with Gasteiger partial charge in [-0.3, -0.25) is 0 Å². The van der Waals surface area contributed by atoms with Crippen LogP contribution in [0.4, 0.5) is 29.5 Å². The monoisotopic (exact) mass is 350 g/mol. The van der Waals surface area contributed by atoms with Gasteiger partial charge in [-0.2, -0.15) is 23.3 Å². The number of carbonyl (C=O) groups is 1. The predicted octanol–water partition coefficient (Wildman–Crippen LogP) is 3.68. The van der Waals surface area contributed by atoms with Gasteiger partial charge < -0.3 is 10.5 Å². The molecule has 0 spiro atoms. The third-order valence-corrected chi connectivity index (χ3v) is 3.50. The quantitative estimate of drug-likeness (QED) is 0.896. The van der Waals surface area contributed by atoms with Crippen LogP contribution in [0, 0.1) is 0 Å². The van der Waals surface area contributed by atoms with E-state index in [0.29, 0.717) is 0 Å². The number of anilines is 2. The Morgan fingerprint density at radius 1 is 1.24 bits per heavy atom. The van der Waals surface area contributed by atoms with Gasteiger partial charge >= 0.3 is 12.3 Å². The number of amides is 1. The maximum Gasteiger partial charge on any atom is 0.435 e. The van der Waals surface area contributed by atoms with Crippen LogP contribution >= 0.6 is 0 Å². The molecule has 0 saturated carbocycles. The predicted molar refractivity (Wildman–Crippen MR) is 86.0 cm³/mol. The van der Waals surface area contributed by atoms with Crippen molar-refractivity contribution in [2.24, 2.45) is 5.10 Å². The number of rotatable bonds is 2. The maximum atomic E-state index is 13.5. The number of hydrogen-bond acceptors (Lipinski definition) is 5. The molecule has 2 N–H and O–H groups in total. The summed E-state index contributed by atoms with van der Waals surface area (Å²) in [5.41, 5.74) is 4.78. The molecular formula is C16H13F3N4O2. The van der Waals surface area contributed by atoms with E-state index in [0.717, 1.165) is 11.1 Å². The van der Waals surface area contributed by atoms with Crippen LogP contribution in [0.5, 0.6) is 0 Å². The van der Waals surface area contributed by atoms with Crippen LogP contribution in [-0.4, -0.2) is 23.4 Å². The van der Waals surface area contributed by atoms with E-state index in [2.05, 4.69) is 10.1 Å². The fourth-order valence-electron chi connectivity index (χ4n) is 2.39. The molecule has 0 bridgehead atoms. The Morgan fingerprint density at radius 3 is 2.64 bits per heavy atom. The maximum absolute atomic E-state index is 13.5. The highest BCUT2D eigenvalue weighted by Crippen LogP contribution is 2.39.